The smallest absolute Gasteiger partial charge is 0.203 e. The van der Waals surface area contributed by atoms with Gasteiger partial charge in [0.1, 0.15) is 0 Å². The first kappa shape index (κ1) is 14.6. The summed E-state index contributed by atoms with van der Waals surface area (Å²) in [5.41, 5.74) is 0. The molecule has 0 aromatic heterocycles. The molecule has 0 saturated heterocycles. The molecule has 0 aliphatic heterocycles. The van der Waals surface area contributed by atoms with Gasteiger partial charge in [0.15, 0.2) is 0 Å². The Hall–Kier alpha value is 0.540. The van der Waals surface area contributed by atoms with Gasteiger partial charge in [0.05, 0.1) is 12.3 Å². The van der Waals surface area contributed by atoms with Gasteiger partial charge in [0.2, 0.25) is 7.37 Å². The summed E-state index contributed by atoms with van der Waals surface area (Å²) in [6.45, 7) is 0.347. The number of rotatable bonds is 6. The molecule has 0 heterocycles. The zero-order valence-electron chi connectivity index (χ0n) is 9.64. The molecule has 4 nitrogen and oxygen atoms in total. The van der Waals surface area contributed by atoms with E-state index in [2.05, 4.69) is 14.5 Å². The van der Waals surface area contributed by atoms with Gasteiger partial charge in [-0.15, -0.1) is 0 Å². The third kappa shape index (κ3) is 5.75. The molecule has 1 fully saturated rings. The second kappa shape index (κ2) is 7.08. The summed E-state index contributed by atoms with van der Waals surface area (Å²) in [6, 6.07) is 0. The van der Waals surface area contributed by atoms with Crippen molar-refractivity contribution in [1.29, 1.82) is 0 Å². The Bertz CT molecular complexity index is 244. The lowest BCUT2D eigenvalue weighted by Gasteiger charge is -2.25. The van der Waals surface area contributed by atoms with E-state index in [1.165, 1.54) is 19.3 Å². The van der Waals surface area contributed by atoms with Gasteiger partial charge in [0.25, 0.3) is 0 Å². The van der Waals surface area contributed by atoms with Crippen molar-refractivity contribution >= 4 is 16.8 Å². The number of hydrogen-bond acceptors (Lipinski definition) is 3. The van der Waals surface area contributed by atoms with Gasteiger partial charge in [0, 0.05) is 12.7 Å². The number of nitrogens with one attached hydrogen (secondary N) is 1. The van der Waals surface area contributed by atoms with Crippen molar-refractivity contribution in [1.82, 2.24) is 5.09 Å². The standard InChI is InChI=1S/C10H23NO3P2/c12-10(6-11-15)8-16(13,14)7-9-4-2-1-3-5-9/h9-12H,1-8,15H2,(H,13,14)/t10-/m1/s1. The summed E-state index contributed by atoms with van der Waals surface area (Å²) < 4.78 is 11.9. The molecule has 6 heteroatoms. The monoisotopic (exact) mass is 267 g/mol. The highest BCUT2D eigenvalue weighted by Gasteiger charge is 2.27. The Balaban J connectivity index is 2.34. The van der Waals surface area contributed by atoms with Crippen LogP contribution in [0.5, 0.6) is 0 Å². The van der Waals surface area contributed by atoms with Gasteiger partial charge in [-0.3, -0.25) is 9.65 Å². The molecular formula is C10H23NO3P2. The maximum absolute atomic E-state index is 11.9. The summed E-state index contributed by atoms with van der Waals surface area (Å²) >= 11 is 0. The van der Waals surface area contributed by atoms with E-state index in [4.69, 9.17) is 0 Å². The van der Waals surface area contributed by atoms with Crippen molar-refractivity contribution in [2.24, 2.45) is 5.92 Å². The Labute approximate surface area is 99.9 Å². The predicted molar refractivity (Wildman–Crippen MR) is 69.9 cm³/mol. The van der Waals surface area contributed by atoms with Gasteiger partial charge in [-0.25, -0.2) is 0 Å². The number of aliphatic hydroxyl groups excluding tert-OH is 1. The van der Waals surface area contributed by atoms with Crippen molar-refractivity contribution < 1.29 is 14.6 Å². The van der Waals surface area contributed by atoms with Crippen LogP contribution in [0.25, 0.3) is 0 Å². The van der Waals surface area contributed by atoms with Crippen molar-refractivity contribution in [3.8, 4) is 0 Å². The fraction of sp³-hybridized carbons (Fsp3) is 1.00. The highest BCUT2D eigenvalue weighted by molar-refractivity contribution is 7.58. The summed E-state index contributed by atoms with van der Waals surface area (Å²) in [5.74, 6) is 0.390. The van der Waals surface area contributed by atoms with Crippen LogP contribution in [-0.4, -0.2) is 35.0 Å². The van der Waals surface area contributed by atoms with Gasteiger partial charge in [-0.2, -0.15) is 0 Å². The minimum atomic E-state index is -3.15. The fourth-order valence-corrected chi connectivity index (χ4v) is 4.76. The molecule has 1 saturated carbocycles. The normalized spacial score (nSPS) is 23.9. The van der Waals surface area contributed by atoms with E-state index in [0.29, 0.717) is 18.6 Å². The van der Waals surface area contributed by atoms with Crippen molar-refractivity contribution in [3.63, 3.8) is 0 Å². The van der Waals surface area contributed by atoms with Crippen LogP contribution in [-0.2, 0) is 4.57 Å². The first-order valence-electron chi connectivity index (χ1n) is 5.96. The average Bonchev–Trinajstić information content (AvgIpc) is 2.17. The zero-order valence-corrected chi connectivity index (χ0v) is 11.7. The average molecular weight is 267 g/mol. The van der Waals surface area contributed by atoms with Crippen LogP contribution in [0.2, 0.25) is 0 Å². The summed E-state index contributed by atoms with van der Waals surface area (Å²) in [5, 5.41) is 12.2. The molecule has 0 spiro atoms. The molecule has 0 radical (unpaired) electrons. The quantitative estimate of drug-likeness (QED) is 0.639. The molecule has 1 aliphatic rings. The molecule has 0 aromatic rings. The predicted octanol–water partition coefficient (Wildman–Crippen LogP) is 1.58. The molecule has 0 bridgehead atoms. The third-order valence-electron chi connectivity index (χ3n) is 3.12. The molecule has 1 rings (SSSR count). The molecule has 2 unspecified atom stereocenters. The minimum absolute atomic E-state index is 0.0188. The van der Waals surface area contributed by atoms with Gasteiger partial charge in [-0.05, 0) is 18.8 Å². The number of hydrogen-bond donors (Lipinski definition) is 3. The van der Waals surface area contributed by atoms with E-state index in [-0.39, 0.29) is 6.16 Å². The minimum Gasteiger partial charge on any atom is -0.391 e. The molecule has 0 aromatic carbocycles. The van der Waals surface area contributed by atoms with Crippen molar-refractivity contribution in [2.45, 2.75) is 38.2 Å². The SMILES string of the molecule is O=P(O)(CC1CCCCC1)C[C@H](O)CNP. The summed E-state index contributed by atoms with van der Waals surface area (Å²) in [6.07, 6.45) is 5.45. The highest BCUT2D eigenvalue weighted by Crippen LogP contribution is 2.45. The lowest BCUT2D eigenvalue weighted by Crippen LogP contribution is -2.25. The van der Waals surface area contributed by atoms with E-state index in [1.807, 2.05) is 0 Å². The van der Waals surface area contributed by atoms with Crippen LogP contribution >= 0.6 is 16.8 Å². The highest BCUT2D eigenvalue weighted by atomic mass is 31.2. The van der Waals surface area contributed by atoms with Crippen LogP contribution in [0, 0.1) is 5.92 Å². The van der Waals surface area contributed by atoms with Crippen molar-refractivity contribution in [3.05, 3.63) is 0 Å². The van der Waals surface area contributed by atoms with Gasteiger partial charge in [-0.1, -0.05) is 28.7 Å². The van der Waals surface area contributed by atoms with E-state index in [1.54, 1.807) is 0 Å². The first-order chi connectivity index (χ1) is 7.53. The molecule has 3 N–H and O–H groups in total. The van der Waals surface area contributed by atoms with Gasteiger partial charge >= 0.3 is 0 Å². The maximum atomic E-state index is 11.9. The Kier molecular flexibility index (Phi) is 6.46. The van der Waals surface area contributed by atoms with Crippen LogP contribution in [0.4, 0.5) is 0 Å². The van der Waals surface area contributed by atoms with Crippen molar-refractivity contribution in [2.75, 3.05) is 18.9 Å². The molecule has 0 amide bonds. The van der Waals surface area contributed by atoms with Gasteiger partial charge < -0.3 is 10.00 Å². The first-order valence-corrected chi connectivity index (χ1v) is 8.56. The number of aliphatic hydroxyl groups is 1. The lowest BCUT2D eigenvalue weighted by molar-refractivity contribution is 0.198. The van der Waals surface area contributed by atoms with Crippen LogP contribution in [0.3, 0.4) is 0 Å². The third-order valence-corrected chi connectivity index (χ3v) is 5.43. The van der Waals surface area contributed by atoms with Crippen LogP contribution in [0.1, 0.15) is 32.1 Å². The molecule has 3 atom stereocenters. The Morgan fingerprint density at radius 1 is 1.38 bits per heavy atom. The Morgan fingerprint density at radius 2 is 2.00 bits per heavy atom. The van der Waals surface area contributed by atoms with E-state index < -0.39 is 13.5 Å². The molecule has 16 heavy (non-hydrogen) atoms. The molecule has 1 aliphatic carbocycles. The summed E-state index contributed by atoms with van der Waals surface area (Å²) in [7, 11) is -0.864. The molecule has 96 valence electrons. The lowest BCUT2D eigenvalue weighted by atomic mass is 9.91. The largest absolute Gasteiger partial charge is 0.391 e. The molecular weight excluding hydrogens is 244 g/mol. The Morgan fingerprint density at radius 3 is 2.56 bits per heavy atom. The van der Waals surface area contributed by atoms with E-state index >= 15 is 0 Å². The summed E-state index contributed by atoms with van der Waals surface area (Å²) in [4.78, 5) is 9.82. The van der Waals surface area contributed by atoms with E-state index in [9.17, 15) is 14.6 Å². The zero-order chi connectivity index (χ0) is 12.0. The van der Waals surface area contributed by atoms with Crippen LogP contribution in [0.15, 0.2) is 0 Å². The fourth-order valence-electron chi connectivity index (χ4n) is 2.38. The van der Waals surface area contributed by atoms with E-state index in [0.717, 1.165) is 12.8 Å². The van der Waals surface area contributed by atoms with Crippen LogP contribution < -0.4 is 5.09 Å². The topological polar surface area (TPSA) is 69.6 Å². The second-order valence-electron chi connectivity index (χ2n) is 4.78. The maximum Gasteiger partial charge on any atom is 0.203 e. The second-order valence-corrected chi connectivity index (χ2v) is 7.61.